The Morgan fingerprint density at radius 2 is 1.90 bits per heavy atom. The Hall–Kier alpha value is -2.40. The Morgan fingerprint density at radius 1 is 1.24 bits per heavy atom. The van der Waals surface area contributed by atoms with E-state index < -0.39 is 4.92 Å². The molecule has 1 atom stereocenters. The molecule has 5 heteroatoms. The van der Waals surface area contributed by atoms with E-state index in [1.165, 1.54) is 6.07 Å². The summed E-state index contributed by atoms with van der Waals surface area (Å²) in [6.45, 7) is 5.46. The molecule has 0 radical (unpaired) electrons. The smallest absolute Gasteiger partial charge is 0.312 e. The number of nitrogens with two attached hydrogens (primary N) is 1. The zero-order valence-electron chi connectivity index (χ0n) is 12.3. The van der Waals surface area contributed by atoms with Crippen LogP contribution >= 0.6 is 0 Å². The topological polar surface area (TPSA) is 78.4 Å². The van der Waals surface area contributed by atoms with E-state index >= 15 is 0 Å². The lowest BCUT2D eigenvalue weighted by molar-refractivity contribution is -0.385. The number of nitro benzene ring substituents is 1. The molecule has 110 valence electrons. The molecule has 2 N–H and O–H groups in total. The minimum Gasteiger partial charge on any atom is -0.449 e. The molecule has 0 aromatic heterocycles. The molecule has 0 amide bonds. The summed E-state index contributed by atoms with van der Waals surface area (Å²) in [6, 6.07) is 10.5. The first-order chi connectivity index (χ1) is 9.90. The third-order valence-electron chi connectivity index (χ3n) is 3.22. The van der Waals surface area contributed by atoms with Gasteiger partial charge in [0.15, 0.2) is 0 Å². The summed E-state index contributed by atoms with van der Waals surface area (Å²) in [6.07, 6.45) is 0. The van der Waals surface area contributed by atoms with Crippen LogP contribution in [0.2, 0.25) is 0 Å². The van der Waals surface area contributed by atoms with Crippen molar-refractivity contribution in [1.29, 1.82) is 0 Å². The Labute approximate surface area is 123 Å². The highest BCUT2D eigenvalue weighted by atomic mass is 16.6. The molecule has 2 aromatic carbocycles. The molecule has 2 rings (SSSR count). The van der Waals surface area contributed by atoms with Gasteiger partial charge in [0.05, 0.1) is 4.92 Å². The second-order valence-corrected chi connectivity index (χ2v) is 5.12. The third kappa shape index (κ3) is 3.20. The molecule has 0 aliphatic rings. The lowest BCUT2D eigenvalue weighted by Crippen LogP contribution is -2.07. The highest BCUT2D eigenvalue weighted by Crippen LogP contribution is 2.37. The number of nitro groups is 1. The van der Waals surface area contributed by atoms with E-state index in [9.17, 15) is 10.1 Å². The lowest BCUT2D eigenvalue weighted by atomic mass is 10.1. The number of aryl methyl sites for hydroxylation is 2. The van der Waals surface area contributed by atoms with Gasteiger partial charge in [-0.3, -0.25) is 10.1 Å². The minimum absolute atomic E-state index is 0.0352. The molecule has 2 aromatic rings. The fraction of sp³-hybridized carbons (Fsp3) is 0.250. The van der Waals surface area contributed by atoms with E-state index in [0.29, 0.717) is 5.75 Å². The largest absolute Gasteiger partial charge is 0.449 e. The van der Waals surface area contributed by atoms with Gasteiger partial charge < -0.3 is 10.5 Å². The first kappa shape index (κ1) is 15.0. The first-order valence-electron chi connectivity index (χ1n) is 6.68. The maximum Gasteiger partial charge on any atom is 0.312 e. The van der Waals surface area contributed by atoms with Gasteiger partial charge in [-0.05, 0) is 38.0 Å². The van der Waals surface area contributed by atoms with Crippen LogP contribution in [0.1, 0.15) is 29.7 Å². The summed E-state index contributed by atoms with van der Waals surface area (Å²) in [7, 11) is 0. The van der Waals surface area contributed by atoms with Crippen molar-refractivity contribution in [3.05, 3.63) is 63.2 Å². The average molecular weight is 286 g/mol. The van der Waals surface area contributed by atoms with E-state index in [4.69, 9.17) is 10.5 Å². The number of rotatable bonds is 4. The standard InChI is InChI=1S/C16H18N2O3/c1-10-8-11(2)16(14(9-10)18(19)20)21-15-7-5-4-6-13(15)12(3)17/h4-9,12H,17H2,1-3H3. The van der Waals surface area contributed by atoms with Gasteiger partial charge in [-0.25, -0.2) is 0 Å². The van der Waals surface area contributed by atoms with E-state index in [1.807, 2.05) is 38.1 Å². The van der Waals surface area contributed by atoms with Crippen LogP contribution in [0.25, 0.3) is 0 Å². The molecule has 0 spiro atoms. The molecule has 0 saturated carbocycles. The summed E-state index contributed by atoms with van der Waals surface area (Å²) >= 11 is 0. The summed E-state index contributed by atoms with van der Waals surface area (Å²) in [5, 5.41) is 11.2. The van der Waals surface area contributed by atoms with Gasteiger partial charge in [-0.1, -0.05) is 24.3 Å². The Balaban J connectivity index is 2.52. The van der Waals surface area contributed by atoms with Crippen molar-refractivity contribution in [2.24, 2.45) is 5.73 Å². The van der Waals surface area contributed by atoms with Crippen molar-refractivity contribution in [3.63, 3.8) is 0 Å². The molecular weight excluding hydrogens is 268 g/mol. The third-order valence-corrected chi connectivity index (χ3v) is 3.22. The van der Waals surface area contributed by atoms with Crippen molar-refractivity contribution >= 4 is 5.69 Å². The quantitative estimate of drug-likeness (QED) is 0.680. The van der Waals surface area contributed by atoms with Gasteiger partial charge in [-0.15, -0.1) is 0 Å². The molecule has 0 aliphatic carbocycles. The van der Waals surface area contributed by atoms with Gasteiger partial charge in [0, 0.05) is 17.7 Å². The first-order valence-corrected chi connectivity index (χ1v) is 6.68. The van der Waals surface area contributed by atoms with Gasteiger partial charge in [0.1, 0.15) is 5.75 Å². The second-order valence-electron chi connectivity index (χ2n) is 5.12. The molecule has 21 heavy (non-hydrogen) atoms. The summed E-state index contributed by atoms with van der Waals surface area (Å²) < 4.78 is 5.83. The highest BCUT2D eigenvalue weighted by molar-refractivity contribution is 5.56. The maximum atomic E-state index is 11.2. The molecule has 0 bridgehead atoms. The lowest BCUT2D eigenvalue weighted by Gasteiger charge is -2.15. The van der Waals surface area contributed by atoms with Crippen molar-refractivity contribution in [3.8, 4) is 11.5 Å². The van der Waals surface area contributed by atoms with Crippen LogP contribution in [0.15, 0.2) is 36.4 Å². The second kappa shape index (κ2) is 5.93. The maximum absolute atomic E-state index is 11.2. The summed E-state index contributed by atoms with van der Waals surface area (Å²) in [5.74, 6) is 0.807. The molecule has 5 nitrogen and oxygen atoms in total. The van der Waals surface area contributed by atoms with Crippen LogP contribution in [-0.4, -0.2) is 4.92 Å². The molecular formula is C16H18N2O3. The fourth-order valence-electron chi connectivity index (χ4n) is 2.26. The zero-order chi connectivity index (χ0) is 15.6. The fourth-order valence-corrected chi connectivity index (χ4v) is 2.26. The summed E-state index contributed by atoms with van der Waals surface area (Å²) in [4.78, 5) is 10.8. The molecule has 0 aliphatic heterocycles. The Morgan fingerprint density at radius 3 is 2.52 bits per heavy atom. The van der Waals surface area contributed by atoms with Crippen LogP contribution in [0, 0.1) is 24.0 Å². The Bertz CT molecular complexity index is 681. The average Bonchev–Trinajstić information content (AvgIpc) is 2.41. The van der Waals surface area contributed by atoms with Crippen LogP contribution in [0.3, 0.4) is 0 Å². The number of hydrogen-bond donors (Lipinski definition) is 1. The van der Waals surface area contributed by atoms with Crippen LogP contribution in [0.4, 0.5) is 5.69 Å². The normalized spacial score (nSPS) is 12.0. The van der Waals surface area contributed by atoms with Gasteiger partial charge in [0.2, 0.25) is 5.75 Å². The predicted octanol–water partition coefficient (Wildman–Crippen LogP) is 4.02. The van der Waals surface area contributed by atoms with Crippen molar-refractivity contribution in [2.75, 3.05) is 0 Å². The van der Waals surface area contributed by atoms with Crippen molar-refractivity contribution in [1.82, 2.24) is 0 Å². The predicted molar refractivity (Wildman–Crippen MR) is 81.7 cm³/mol. The van der Waals surface area contributed by atoms with Gasteiger partial charge >= 0.3 is 5.69 Å². The molecule has 0 saturated heterocycles. The van der Waals surface area contributed by atoms with Crippen LogP contribution in [0.5, 0.6) is 11.5 Å². The molecule has 0 fully saturated rings. The van der Waals surface area contributed by atoms with Gasteiger partial charge in [0.25, 0.3) is 0 Å². The van der Waals surface area contributed by atoms with Crippen LogP contribution in [-0.2, 0) is 0 Å². The minimum atomic E-state index is -0.427. The van der Waals surface area contributed by atoms with Crippen molar-refractivity contribution < 1.29 is 9.66 Å². The Kier molecular flexibility index (Phi) is 4.23. The number of nitrogens with zero attached hydrogens (tertiary/aromatic N) is 1. The van der Waals surface area contributed by atoms with Crippen LogP contribution < -0.4 is 10.5 Å². The monoisotopic (exact) mass is 286 g/mol. The number of benzene rings is 2. The van der Waals surface area contributed by atoms with E-state index in [2.05, 4.69) is 0 Å². The van der Waals surface area contributed by atoms with Gasteiger partial charge in [-0.2, -0.15) is 0 Å². The number of ether oxygens (including phenoxy) is 1. The molecule has 0 heterocycles. The number of para-hydroxylation sites is 1. The van der Waals surface area contributed by atoms with E-state index in [1.54, 1.807) is 13.0 Å². The summed E-state index contributed by atoms with van der Waals surface area (Å²) in [5.41, 5.74) is 8.24. The highest BCUT2D eigenvalue weighted by Gasteiger charge is 2.20. The van der Waals surface area contributed by atoms with Crippen molar-refractivity contribution in [2.45, 2.75) is 26.8 Å². The number of hydrogen-bond acceptors (Lipinski definition) is 4. The van der Waals surface area contributed by atoms with E-state index in [0.717, 1.165) is 16.7 Å². The molecule has 1 unspecified atom stereocenters. The van der Waals surface area contributed by atoms with E-state index in [-0.39, 0.29) is 17.5 Å². The SMILES string of the molecule is Cc1cc(C)c(Oc2ccccc2C(C)N)c([N+](=O)[O-])c1. The zero-order valence-corrected chi connectivity index (χ0v) is 12.3.